The van der Waals surface area contributed by atoms with E-state index in [1.54, 1.807) is 0 Å². The van der Waals surface area contributed by atoms with E-state index in [9.17, 15) is 19.5 Å². The van der Waals surface area contributed by atoms with Crippen LogP contribution in [-0.4, -0.2) is 87.4 Å². The highest BCUT2D eigenvalue weighted by atomic mass is 16.7. The number of rotatable bonds is 53. The van der Waals surface area contributed by atoms with Crippen molar-refractivity contribution in [3.05, 3.63) is 122 Å². The van der Waals surface area contributed by atoms with Gasteiger partial charge in [0, 0.05) is 12.8 Å². The van der Waals surface area contributed by atoms with Crippen molar-refractivity contribution < 1.29 is 42.9 Å². The standard InChI is InChI=1S/C66H109NO8/c1-6-8-10-12-14-16-18-20-22-24-26-27-28-29-30-31-32-33-34-35-36-37-39-41-43-45-47-49-51-53-55-57-64(69)75-62(61-74-66(65(70)71)72-59-58-67(3,4)5)60-73-63(68)56-54-52-50-48-46-44-42-40-38-25-23-21-19-17-15-13-11-9-7-2/h8,10,14,16,20-23,26-27,29-30,32-33,35-36,39,41,45,47,62,66H,6-7,9,11-13,15,17-19,24-25,28,31,34,37-38,40,42-44,46,48-61H2,1-5H3/p+1/b10-8-,16-14-,22-20-,23-21-,27-26-,30-29-,33-32-,36-35-,41-39-,47-45-. The molecule has 0 saturated carbocycles. The smallest absolute Gasteiger partial charge is 0.361 e. The molecular weight excluding hydrogens is 935 g/mol. The van der Waals surface area contributed by atoms with Crippen molar-refractivity contribution in [2.24, 2.45) is 0 Å². The van der Waals surface area contributed by atoms with Gasteiger partial charge in [-0.2, -0.15) is 0 Å². The number of allylic oxidation sites excluding steroid dienone is 20. The van der Waals surface area contributed by atoms with Gasteiger partial charge in [0.2, 0.25) is 0 Å². The maximum atomic E-state index is 12.9. The second-order valence-corrected chi connectivity index (χ2v) is 20.6. The zero-order chi connectivity index (χ0) is 54.8. The molecule has 0 aliphatic carbocycles. The van der Waals surface area contributed by atoms with E-state index in [1.807, 2.05) is 21.1 Å². The summed E-state index contributed by atoms with van der Waals surface area (Å²) in [6, 6.07) is 0. The molecule has 1 N–H and O–H groups in total. The maximum Gasteiger partial charge on any atom is 0.361 e. The number of carboxylic acids is 1. The first kappa shape index (κ1) is 70.7. The van der Waals surface area contributed by atoms with E-state index in [4.69, 9.17) is 18.9 Å². The van der Waals surface area contributed by atoms with Gasteiger partial charge in [0.1, 0.15) is 13.2 Å². The fourth-order valence-corrected chi connectivity index (χ4v) is 7.65. The molecule has 0 rings (SSSR count). The highest BCUT2D eigenvalue weighted by Gasteiger charge is 2.25. The Bertz CT molecular complexity index is 1640. The van der Waals surface area contributed by atoms with Crippen LogP contribution in [0.3, 0.4) is 0 Å². The van der Waals surface area contributed by atoms with Crippen LogP contribution in [0.4, 0.5) is 0 Å². The summed E-state index contributed by atoms with van der Waals surface area (Å²) in [5.74, 6) is -2.06. The lowest BCUT2D eigenvalue weighted by atomic mass is 10.1. The van der Waals surface area contributed by atoms with Crippen LogP contribution in [0.15, 0.2) is 122 Å². The quantitative estimate of drug-likeness (QED) is 0.0211. The number of hydrogen-bond donors (Lipinski definition) is 1. The predicted octanol–water partition coefficient (Wildman–Crippen LogP) is 17.7. The number of quaternary nitrogens is 1. The van der Waals surface area contributed by atoms with Crippen molar-refractivity contribution in [1.29, 1.82) is 0 Å². The lowest BCUT2D eigenvalue weighted by Gasteiger charge is -2.25. The number of carbonyl (C=O) groups is 3. The van der Waals surface area contributed by atoms with E-state index in [-0.39, 0.29) is 38.6 Å². The fraction of sp³-hybridized carbons (Fsp3) is 0.652. The number of esters is 2. The van der Waals surface area contributed by atoms with Gasteiger partial charge in [0.25, 0.3) is 6.29 Å². The third-order valence-electron chi connectivity index (χ3n) is 12.2. The minimum atomic E-state index is -1.53. The molecule has 0 aliphatic rings. The average molecular weight is 1050 g/mol. The van der Waals surface area contributed by atoms with Gasteiger partial charge in [0.05, 0.1) is 34.4 Å². The molecule has 426 valence electrons. The van der Waals surface area contributed by atoms with Crippen LogP contribution in [0.25, 0.3) is 0 Å². The molecule has 0 radical (unpaired) electrons. The van der Waals surface area contributed by atoms with Gasteiger partial charge in [-0.25, -0.2) is 4.79 Å². The number of nitrogens with zero attached hydrogens (tertiary/aromatic N) is 1. The van der Waals surface area contributed by atoms with Crippen molar-refractivity contribution in [2.45, 2.75) is 232 Å². The molecule has 9 heteroatoms. The molecule has 2 unspecified atom stereocenters. The van der Waals surface area contributed by atoms with E-state index in [1.165, 1.54) is 89.9 Å². The third-order valence-corrected chi connectivity index (χ3v) is 12.2. The molecule has 0 bridgehead atoms. The van der Waals surface area contributed by atoms with Gasteiger partial charge < -0.3 is 28.5 Å². The van der Waals surface area contributed by atoms with E-state index in [0.717, 1.165) is 96.3 Å². The van der Waals surface area contributed by atoms with Crippen molar-refractivity contribution in [2.75, 3.05) is 47.5 Å². The summed E-state index contributed by atoms with van der Waals surface area (Å²) in [4.78, 5) is 37.4. The minimum absolute atomic E-state index is 0.174. The lowest BCUT2D eigenvalue weighted by Crippen LogP contribution is -2.40. The fourth-order valence-electron chi connectivity index (χ4n) is 7.65. The Kier molecular flexibility index (Phi) is 52.7. The molecule has 0 aromatic rings. The van der Waals surface area contributed by atoms with Crippen LogP contribution in [0.2, 0.25) is 0 Å². The van der Waals surface area contributed by atoms with Crippen molar-refractivity contribution in [1.82, 2.24) is 0 Å². The largest absolute Gasteiger partial charge is 0.477 e. The topological polar surface area (TPSA) is 108 Å². The first-order valence-electron chi connectivity index (χ1n) is 29.7. The highest BCUT2D eigenvalue weighted by Crippen LogP contribution is 2.14. The van der Waals surface area contributed by atoms with Crippen molar-refractivity contribution in [3.63, 3.8) is 0 Å². The molecule has 0 saturated heterocycles. The Balaban J connectivity index is 4.35. The number of aliphatic carboxylic acids is 1. The van der Waals surface area contributed by atoms with E-state index in [0.29, 0.717) is 17.4 Å². The number of hydrogen-bond acceptors (Lipinski definition) is 7. The summed E-state index contributed by atoms with van der Waals surface area (Å²) < 4.78 is 22.8. The number of ether oxygens (including phenoxy) is 4. The summed E-state index contributed by atoms with van der Waals surface area (Å²) in [6.07, 6.45) is 75.6. The molecule has 0 fully saturated rings. The Morgan fingerprint density at radius 3 is 1.16 bits per heavy atom. The number of carboxylic acid groups (broad SMARTS) is 1. The Hall–Kier alpha value is -4.31. The predicted molar refractivity (Wildman–Crippen MR) is 318 cm³/mol. The van der Waals surface area contributed by atoms with Gasteiger partial charge in [-0.15, -0.1) is 0 Å². The summed E-state index contributed by atoms with van der Waals surface area (Å²) >= 11 is 0. The molecule has 9 nitrogen and oxygen atoms in total. The SMILES string of the molecule is CC/C=C\C/C=C\C/C=C\C/C=C\C/C=C\C/C=C\C/C=C\C/C=C\C/C=C\CCCCCC(=O)OC(COC(=O)CCCCCCCCCCC/C=C\CCCCCCCC)COC(OCC[N+](C)(C)C)C(=O)O. The zero-order valence-corrected chi connectivity index (χ0v) is 48.4. The average Bonchev–Trinajstić information content (AvgIpc) is 3.38. The van der Waals surface area contributed by atoms with Gasteiger partial charge in [-0.05, 0) is 109 Å². The van der Waals surface area contributed by atoms with Crippen LogP contribution >= 0.6 is 0 Å². The molecule has 75 heavy (non-hydrogen) atoms. The van der Waals surface area contributed by atoms with Crippen molar-refractivity contribution >= 4 is 17.9 Å². The molecule has 2 atom stereocenters. The third kappa shape index (κ3) is 57.2. The molecule has 0 aromatic carbocycles. The Morgan fingerprint density at radius 1 is 0.413 bits per heavy atom. The minimum Gasteiger partial charge on any atom is -0.477 e. The Labute approximate surface area is 459 Å². The first-order chi connectivity index (χ1) is 36.6. The molecular formula is C66H110NO8+. The number of unbranched alkanes of at least 4 members (excludes halogenated alkanes) is 18. The van der Waals surface area contributed by atoms with Crippen molar-refractivity contribution in [3.8, 4) is 0 Å². The van der Waals surface area contributed by atoms with E-state index in [2.05, 4.69) is 135 Å². The van der Waals surface area contributed by atoms with Crippen LogP contribution in [0, 0.1) is 0 Å². The maximum absolute atomic E-state index is 12.9. The second-order valence-electron chi connectivity index (χ2n) is 20.6. The zero-order valence-electron chi connectivity index (χ0n) is 48.4. The van der Waals surface area contributed by atoms with Gasteiger partial charge in [-0.3, -0.25) is 9.59 Å². The summed E-state index contributed by atoms with van der Waals surface area (Å²) in [5, 5.41) is 9.70. The number of carbonyl (C=O) groups excluding carboxylic acids is 2. The van der Waals surface area contributed by atoms with Gasteiger partial charge in [0.15, 0.2) is 6.10 Å². The second kappa shape index (κ2) is 55.9. The highest BCUT2D eigenvalue weighted by molar-refractivity contribution is 5.71. The normalized spacial score (nSPS) is 13.7. The summed E-state index contributed by atoms with van der Waals surface area (Å²) in [7, 11) is 5.95. The molecule has 0 amide bonds. The van der Waals surface area contributed by atoms with Gasteiger partial charge >= 0.3 is 17.9 Å². The van der Waals surface area contributed by atoms with Gasteiger partial charge in [-0.1, -0.05) is 219 Å². The summed E-state index contributed by atoms with van der Waals surface area (Å²) in [5.41, 5.74) is 0. The number of likely N-dealkylation sites (N-methyl/N-ethyl adjacent to an activating group) is 1. The Morgan fingerprint density at radius 2 is 0.760 bits per heavy atom. The van der Waals surface area contributed by atoms with Crippen LogP contribution in [-0.2, 0) is 33.3 Å². The van der Waals surface area contributed by atoms with E-state index < -0.39 is 24.3 Å². The first-order valence-corrected chi connectivity index (χ1v) is 29.7. The molecule has 0 aromatic heterocycles. The van der Waals surface area contributed by atoms with E-state index >= 15 is 0 Å². The van der Waals surface area contributed by atoms with Crippen LogP contribution in [0.1, 0.15) is 219 Å². The molecule has 0 aliphatic heterocycles. The lowest BCUT2D eigenvalue weighted by molar-refractivity contribution is -0.870. The molecule has 0 heterocycles. The molecule has 0 spiro atoms. The van der Waals surface area contributed by atoms with Crippen LogP contribution in [0.5, 0.6) is 0 Å². The van der Waals surface area contributed by atoms with Crippen LogP contribution < -0.4 is 0 Å². The monoisotopic (exact) mass is 1040 g/mol. The summed E-state index contributed by atoms with van der Waals surface area (Å²) in [6.45, 7) is 4.71.